The van der Waals surface area contributed by atoms with Crippen molar-refractivity contribution in [2.24, 2.45) is 5.41 Å². The molecule has 0 saturated carbocycles. The summed E-state index contributed by atoms with van der Waals surface area (Å²) in [4.78, 5) is 16.8. The summed E-state index contributed by atoms with van der Waals surface area (Å²) in [6.07, 6.45) is 5.43. The zero-order chi connectivity index (χ0) is 15.4. The Morgan fingerprint density at radius 1 is 1.18 bits per heavy atom. The molecule has 0 bridgehead atoms. The highest BCUT2D eigenvalue weighted by Crippen LogP contribution is 2.29. The van der Waals surface area contributed by atoms with Crippen molar-refractivity contribution in [1.29, 1.82) is 0 Å². The average Bonchev–Trinajstić information content (AvgIpc) is 2.54. The van der Waals surface area contributed by atoms with Gasteiger partial charge in [-0.1, -0.05) is 6.92 Å². The maximum atomic E-state index is 5.60. The summed E-state index contributed by atoms with van der Waals surface area (Å²) in [5.74, 6) is 1.54. The highest BCUT2D eigenvalue weighted by molar-refractivity contribution is 5.52. The van der Waals surface area contributed by atoms with E-state index in [1.807, 2.05) is 6.07 Å². The monoisotopic (exact) mass is 300 g/mol. The Morgan fingerprint density at radius 2 is 1.95 bits per heavy atom. The van der Waals surface area contributed by atoms with Crippen molar-refractivity contribution in [1.82, 2.24) is 19.9 Å². The van der Waals surface area contributed by atoms with E-state index in [4.69, 9.17) is 10.5 Å². The topological polar surface area (TPSA) is 98.8 Å². The molecule has 3 N–H and O–H groups in total. The van der Waals surface area contributed by atoms with Crippen LogP contribution in [0.3, 0.4) is 0 Å². The van der Waals surface area contributed by atoms with Gasteiger partial charge in [0.25, 0.3) is 0 Å². The molecule has 7 nitrogen and oxygen atoms in total. The van der Waals surface area contributed by atoms with E-state index in [1.54, 1.807) is 18.5 Å². The van der Waals surface area contributed by atoms with Gasteiger partial charge in [-0.15, -0.1) is 0 Å². The molecule has 2 aromatic heterocycles. The third-order valence-corrected chi connectivity index (χ3v) is 3.96. The molecule has 22 heavy (non-hydrogen) atoms. The first-order chi connectivity index (χ1) is 10.6. The molecule has 0 unspecified atom stereocenters. The molecule has 0 spiro atoms. The molecular formula is C15H20N6O. The van der Waals surface area contributed by atoms with Gasteiger partial charge in [-0.05, 0) is 30.4 Å². The fourth-order valence-corrected chi connectivity index (χ4v) is 2.42. The lowest BCUT2D eigenvalue weighted by atomic mass is 9.82. The summed E-state index contributed by atoms with van der Waals surface area (Å²) in [6, 6.07) is 3.60. The molecule has 2 aromatic rings. The lowest BCUT2D eigenvalue weighted by Gasteiger charge is -2.33. The number of nitrogens with one attached hydrogen (secondary N) is 1. The van der Waals surface area contributed by atoms with E-state index in [2.05, 4.69) is 32.2 Å². The number of nitrogens with two attached hydrogens (primary N) is 1. The normalized spacial score (nSPS) is 17.1. The predicted molar refractivity (Wildman–Crippen MR) is 84.1 cm³/mol. The smallest absolute Gasteiger partial charge is 0.220 e. The second-order valence-corrected chi connectivity index (χ2v) is 5.84. The largest absolute Gasteiger partial charge is 0.381 e. The van der Waals surface area contributed by atoms with E-state index in [0.717, 1.165) is 38.4 Å². The number of ether oxygens (including phenoxy) is 1. The Labute approximate surface area is 129 Å². The molecule has 1 aliphatic heterocycles. The highest BCUT2D eigenvalue weighted by Gasteiger charge is 2.27. The number of aromatic nitrogens is 4. The van der Waals surface area contributed by atoms with Crippen LogP contribution in [0.5, 0.6) is 0 Å². The average molecular weight is 300 g/mol. The molecule has 1 fully saturated rings. The first-order valence-corrected chi connectivity index (χ1v) is 7.38. The Kier molecular flexibility index (Phi) is 4.15. The maximum Gasteiger partial charge on any atom is 0.220 e. The number of nitrogens with zero attached hydrogens (tertiary/aromatic N) is 4. The van der Waals surface area contributed by atoms with Crippen molar-refractivity contribution < 1.29 is 4.74 Å². The van der Waals surface area contributed by atoms with Crippen LogP contribution in [0, 0.1) is 5.41 Å². The highest BCUT2D eigenvalue weighted by atomic mass is 16.5. The standard InChI is InChI=1S/C15H20N6O/c1-15(4-8-22-9-5-15)10-19-12-3-7-17-13(21-12)11-2-6-18-14(16)20-11/h2-3,6-7H,4-5,8-10H2,1H3,(H2,16,18,20)(H,17,19,21). The van der Waals surface area contributed by atoms with Crippen LogP contribution in [0.2, 0.25) is 0 Å². The molecule has 116 valence electrons. The zero-order valence-corrected chi connectivity index (χ0v) is 12.6. The minimum absolute atomic E-state index is 0.217. The van der Waals surface area contributed by atoms with Gasteiger partial charge in [0.15, 0.2) is 5.82 Å². The third-order valence-electron chi connectivity index (χ3n) is 3.96. The number of rotatable bonds is 4. The summed E-state index contributed by atoms with van der Waals surface area (Å²) in [5.41, 5.74) is 6.46. The van der Waals surface area contributed by atoms with Crippen LogP contribution in [-0.4, -0.2) is 39.7 Å². The van der Waals surface area contributed by atoms with Crippen molar-refractivity contribution >= 4 is 11.8 Å². The fraction of sp³-hybridized carbons (Fsp3) is 0.467. The molecule has 1 aliphatic rings. The van der Waals surface area contributed by atoms with Gasteiger partial charge in [0.05, 0.1) is 0 Å². The minimum atomic E-state index is 0.217. The number of hydrogen-bond donors (Lipinski definition) is 2. The van der Waals surface area contributed by atoms with Gasteiger partial charge >= 0.3 is 0 Å². The van der Waals surface area contributed by atoms with Gasteiger partial charge in [0.2, 0.25) is 5.95 Å². The lowest BCUT2D eigenvalue weighted by Crippen LogP contribution is -2.33. The van der Waals surface area contributed by atoms with E-state index in [1.165, 1.54) is 0 Å². The fourth-order valence-electron chi connectivity index (χ4n) is 2.42. The molecule has 1 saturated heterocycles. The molecule has 0 aliphatic carbocycles. The molecular weight excluding hydrogens is 280 g/mol. The van der Waals surface area contributed by atoms with Gasteiger partial charge in [-0.25, -0.2) is 19.9 Å². The van der Waals surface area contributed by atoms with Crippen LogP contribution in [0.1, 0.15) is 19.8 Å². The van der Waals surface area contributed by atoms with E-state index in [-0.39, 0.29) is 11.4 Å². The molecule has 7 heteroatoms. The van der Waals surface area contributed by atoms with Crippen LogP contribution < -0.4 is 11.1 Å². The molecule has 0 amide bonds. The van der Waals surface area contributed by atoms with Crippen LogP contribution in [0.4, 0.5) is 11.8 Å². The first-order valence-electron chi connectivity index (χ1n) is 7.38. The SMILES string of the molecule is CC1(CNc2ccnc(-c3ccnc(N)n3)n2)CCOCC1. The summed E-state index contributed by atoms with van der Waals surface area (Å²) >= 11 is 0. The second-order valence-electron chi connectivity index (χ2n) is 5.84. The Morgan fingerprint density at radius 3 is 2.73 bits per heavy atom. The van der Waals surface area contributed by atoms with E-state index >= 15 is 0 Å². The molecule has 0 radical (unpaired) electrons. The summed E-state index contributed by atoms with van der Waals surface area (Å²) in [6.45, 7) is 4.79. The number of hydrogen-bond acceptors (Lipinski definition) is 7. The molecule has 0 aromatic carbocycles. The number of anilines is 2. The van der Waals surface area contributed by atoms with Gasteiger partial charge in [-0.3, -0.25) is 0 Å². The molecule has 3 rings (SSSR count). The van der Waals surface area contributed by atoms with Crippen LogP contribution in [-0.2, 0) is 4.74 Å². The van der Waals surface area contributed by atoms with Crippen molar-refractivity contribution in [2.75, 3.05) is 30.8 Å². The number of nitrogen functional groups attached to an aromatic ring is 1. The Hall–Kier alpha value is -2.28. The van der Waals surface area contributed by atoms with E-state index in [9.17, 15) is 0 Å². The van der Waals surface area contributed by atoms with Gasteiger partial charge in [0, 0.05) is 32.2 Å². The zero-order valence-electron chi connectivity index (χ0n) is 12.6. The quantitative estimate of drug-likeness (QED) is 0.887. The molecule has 3 heterocycles. The van der Waals surface area contributed by atoms with Crippen molar-refractivity contribution in [3.63, 3.8) is 0 Å². The predicted octanol–water partition coefficient (Wildman–Crippen LogP) is 1.74. The van der Waals surface area contributed by atoms with Crippen molar-refractivity contribution in [3.8, 4) is 11.5 Å². The van der Waals surface area contributed by atoms with Crippen molar-refractivity contribution in [2.45, 2.75) is 19.8 Å². The maximum absolute atomic E-state index is 5.60. The Balaban J connectivity index is 1.71. The second kappa shape index (κ2) is 6.23. The van der Waals surface area contributed by atoms with Crippen LogP contribution in [0.15, 0.2) is 24.5 Å². The molecule has 0 atom stereocenters. The third kappa shape index (κ3) is 3.48. The summed E-state index contributed by atoms with van der Waals surface area (Å²) in [7, 11) is 0. The van der Waals surface area contributed by atoms with Gasteiger partial charge in [0.1, 0.15) is 11.5 Å². The summed E-state index contributed by atoms with van der Waals surface area (Å²) in [5, 5.41) is 3.40. The van der Waals surface area contributed by atoms with E-state index < -0.39 is 0 Å². The van der Waals surface area contributed by atoms with E-state index in [0.29, 0.717) is 11.5 Å². The van der Waals surface area contributed by atoms with Crippen LogP contribution in [0.25, 0.3) is 11.5 Å². The van der Waals surface area contributed by atoms with Crippen LogP contribution >= 0.6 is 0 Å². The Bertz CT molecular complexity index is 641. The summed E-state index contributed by atoms with van der Waals surface area (Å²) < 4.78 is 5.43. The van der Waals surface area contributed by atoms with Crippen molar-refractivity contribution in [3.05, 3.63) is 24.5 Å². The minimum Gasteiger partial charge on any atom is -0.381 e. The lowest BCUT2D eigenvalue weighted by molar-refractivity contribution is 0.0300. The van der Waals surface area contributed by atoms with Gasteiger partial charge in [-0.2, -0.15) is 0 Å². The van der Waals surface area contributed by atoms with Gasteiger partial charge < -0.3 is 15.8 Å². The first kappa shape index (κ1) is 14.6.